The minimum atomic E-state index is -0.0194. The van der Waals surface area contributed by atoms with Crippen molar-refractivity contribution in [3.8, 4) is 11.5 Å². The molecule has 0 aliphatic carbocycles. The van der Waals surface area contributed by atoms with E-state index in [-0.39, 0.29) is 5.91 Å². The van der Waals surface area contributed by atoms with Crippen LogP contribution in [0.15, 0.2) is 16.6 Å². The summed E-state index contributed by atoms with van der Waals surface area (Å²) in [4.78, 5) is 10.7. The Morgan fingerprint density at radius 1 is 1.21 bits per heavy atom. The number of hydrogen-bond donors (Lipinski definition) is 2. The fraction of sp³-hybridized carbons (Fsp3) is 0.462. The molecule has 2 N–H and O–H groups in total. The Hall–Kier alpha value is -1.27. The van der Waals surface area contributed by atoms with Gasteiger partial charge in [0.25, 0.3) is 0 Å². The van der Waals surface area contributed by atoms with Gasteiger partial charge in [-0.25, -0.2) is 0 Å². The Morgan fingerprint density at radius 2 is 1.84 bits per heavy atom. The fourth-order valence-electron chi connectivity index (χ4n) is 1.58. The minimum Gasteiger partial charge on any atom is -0.493 e. The molecule has 0 unspecified atom stereocenters. The van der Waals surface area contributed by atoms with Crippen LogP contribution in [0.4, 0.5) is 0 Å². The molecule has 0 bridgehead atoms. The van der Waals surface area contributed by atoms with Crippen molar-refractivity contribution in [1.29, 1.82) is 0 Å². The molecule has 106 valence electrons. The predicted molar refractivity (Wildman–Crippen MR) is 77.6 cm³/mol. The summed E-state index contributed by atoms with van der Waals surface area (Å²) in [7, 11) is 3.22. The Balaban J connectivity index is 2.56. The van der Waals surface area contributed by atoms with Crippen molar-refractivity contribution in [2.75, 3.05) is 27.3 Å². The maximum absolute atomic E-state index is 10.7. The van der Waals surface area contributed by atoms with Gasteiger partial charge in [0.2, 0.25) is 5.91 Å². The number of halogens is 1. The summed E-state index contributed by atoms with van der Waals surface area (Å²) in [5, 5.41) is 5.97. The molecule has 6 heteroatoms. The molecule has 1 aromatic carbocycles. The molecular formula is C13H19BrN2O3. The van der Waals surface area contributed by atoms with Crippen molar-refractivity contribution in [3.63, 3.8) is 0 Å². The Labute approximate surface area is 121 Å². The monoisotopic (exact) mass is 330 g/mol. The van der Waals surface area contributed by atoms with E-state index in [0.717, 1.165) is 10.0 Å². The normalized spacial score (nSPS) is 10.1. The van der Waals surface area contributed by atoms with Gasteiger partial charge in [-0.1, -0.05) is 15.9 Å². The van der Waals surface area contributed by atoms with E-state index < -0.39 is 0 Å². The van der Waals surface area contributed by atoms with Crippen LogP contribution in [0.3, 0.4) is 0 Å². The van der Waals surface area contributed by atoms with Gasteiger partial charge in [0, 0.05) is 31.0 Å². The van der Waals surface area contributed by atoms with Gasteiger partial charge in [-0.05, 0) is 17.7 Å². The molecule has 0 saturated heterocycles. The molecule has 19 heavy (non-hydrogen) atoms. The molecule has 0 radical (unpaired) electrons. The molecular weight excluding hydrogens is 312 g/mol. The summed E-state index contributed by atoms with van der Waals surface area (Å²) in [5.41, 5.74) is 1.07. The fourth-order valence-corrected chi connectivity index (χ4v) is 2.04. The number of methoxy groups -OCH3 is 2. The van der Waals surface area contributed by atoms with Crippen LogP contribution in [-0.4, -0.2) is 33.2 Å². The summed E-state index contributed by atoms with van der Waals surface area (Å²) >= 11 is 3.50. The zero-order valence-corrected chi connectivity index (χ0v) is 13.0. The van der Waals surface area contributed by atoms with E-state index in [2.05, 4.69) is 26.6 Å². The second-order valence-electron chi connectivity index (χ2n) is 3.96. The SMILES string of the molecule is COc1cc(Br)c(CNCCNC(C)=O)cc1OC. The number of carbonyl (C=O) groups excluding carboxylic acids is 1. The number of nitrogens with one attached hydrogen (secondary N) is 2. The van der Waals surface area contributed by atoms with Crippen molar-refractivity contribution in [2.24, 2.45) is 0 Å². The summed E-state index contributed by atoms with van der Waals surface area (Å²) in [6.45, 7) is 3.51. The molecule has 0 aliphatic rings. The van der Waals surface area contributed by atoms with Gasteiger partial charge in [-0.3, -0.25) is 4.79 Å². The number of ether oxygens (including phenoxy) is 2. The first-order valence-corrected chi connectivity index (χ1v) is 6.73. The third-order valence-electron chi connectivity index (χ3n) is 2.54. The van der Waals surface area contributed by atoms with Crippen molar-refractivity contribution >= 4 is 21.8 Å². The molecule has 1 aromatic rings. The highest BCUT2D eigenvalue weighted by atomic mass is 79.9. The van der Waals surface area contributed by atoms with Crippen LogP contribution in [0.1, 0.15) is 12.5 Å². The van der Waals surface area contributed by atoms with Crippen LogP contribution in [-0.2, 0) is 11.3 Å². The van der Waals surface area contributed by atoms with Gasteiger partial charge < -0.3 is 20.1 Å². The number of hydrogen-bond acceptors (Lipinski definition) is 4. The molecule has 0 saturated carbocycles. The molecule has 0 spiro atoms. The minimum absolute atomic E-state index is 0.0194. The molecule has 1 rings (SSSR count). The maximum atomic E-state index is 10.7. The van der Waals surface area contributed by atoms with E-state index in [9.17, 15) is 4.79 Å². The van der Waals surface area contributed by atoms with Crippen LogP contribution in [0.25, 0.3) is 0 Å². The molecule has 0 atom stereocenters. The number of amides is 1. The van der Waals surface area contributed by atoms with E-state index in [1.807, 2.05) is 12.1 Å². The quantitative estimate of drug-likeness (QED) is 0.747. The summed E-state index contributed by atoms with van der Waals surface area (Å²) in [5.74, 6) is 1.37. The molecule has 0 heterocycles. The van der Waals surface area contributed by atoms with Crippen molar-refractivity contribution < 1.29 is 14.3 Å². The zero-order chi connectivity index (χ0) is 14.3. The topological polar surface area (TPSA) is 59.6 Å². The largest absolute Gasteiger partial charge is 0.493 e. The van der Waals surface area contributed by atoms with Crippen LogP contribution in [0, 0.1) is 0 Å². The van der Waals surface area contributed by atoms with Gasteiger partial charge >= 0.3 is 0 Å². The van der Waals surface area contributed by atoms with E-state index in [1.165, 1.54) is 6.92 Å². The molecule has 0 aromatic heterocycles. The van der Waals surface area contributed by atoms with Crippen LogP contribution in [0.2, 0.25) is 0 Å². The molecule has 0 aliphatic heterocycles. The average molecular weight is 331 g/mol. The standard InChI is InChI=1S/C13H19BrN2O3/c1-9(17)16-5-4-15-8-10-6-12(18-2)13(19-3)7-11(10)14/h6-7,15H,4-5,8H2,1-3H3,(H,16,17). The molecule has 1 amide bonds. The van der Waals surface area contributed by atoms with Crippen LogP contribution < -0.4 is 20.1 Å². The first-order valence-electron chi connectivity index (χ1n) is 5.94. The van der Waals surface area contributed by atoms with E-state index in [0.29, 0.717) is 31.1 Å². The number of rotatable bonds is 7. The smallest absolute Gasteiger partial charge is 0.216 e. The third kappa shape index (κ3) is 5.08. The summed E-state index contributed by atoms with van der Waals surface area (Å²) < 4.78 is 11.4. The Bertz CT molecular complexity index is 438. The second-order valence-corrected chi connectivity index (χ2v) is 4.81. The van der Waals surface area contributed by atoms with Gasteiger partial charge in [0.15, 0.2) is 11.5 Å². The Morgan fingerprint density at radius 3 is 2.42 bits per heavy atom. The zero-order valence-electron chi connectivity index (χ0n) is 11.4. The maximum Gasteiger partial charge on any atom is 0.216 e. The lowest BCUT2D eigenvalue weighted by Gasteiger charge is -2.12. The number of carbonyl (C=O) groups is 1. The highest BCUT2D eigenvalue weighted by molar-refractivity contribution is 9.10. The van der Waals surface area contributed by atoms with E-state index in [1.54, 1.807) is 14.2 Å². The molecule has 0 fully saturated rings. The number of benzene rings is 1. The summed E-state index contributed by atoms with van der Waals surface area (Å²) in [6, 6.07) is 3.80. The van der Waals surface area contributed by atoms with E-state index >= 15 is 0 Å². The van der Waals surface area contributed by atoms with Gasteiger partial charge in [-0.15, -0.1) is 0 Å². The average Bonchev–Trinajstić information content (AvgIpc) is 2.39. The van der Waals surface area contributed by atoms with Crippen molar-refractivity contribution in [2.45, 2.75) is 13.5 Å². The first-order chi connectivity index (χ1) is 9.08. The van der Waals surface area contributed by atoms with Crippen LogP contribution in [0.5, 0.6) is 11.5 Å². The van der Waals surface area contributed by atoms with Crippen molar-refractivity contribution in [1.82, 2.24) is 10.6 Å². The third-order valence-corrected chi connectivity index (χ3v) is 3.28. The predicted octanol–water partition coefficient (Wildman–Crippen LogP) is 1.69. The summed E-state index contributed by atoms with van der Waals surface area (Å²) in [6.07, 6.45) is 0. The highest BCUT2D eigenvalue weighted by Gasteiger charge is 2.09. The lowest BCUT2D eigenvalue weighted by molar-refractivity contribution is -0.118. The lowest BCUT2D eigenvalue weighted by Crippen LogP contribution is -2.29. The molecule has 5 nitrogen and oxygen atoms in total. The Kier molecular flexibility index (Phi) is 6.66. The first kappa shape index (κ1) is 15.8. The van der Waals surface area contributed by atoms with Crippen LogP contribution >= 0.6 is 15.9 Å². The van der Waals surface area contributed by atoms with Gasteiger partial charge in [0.05, 0.1) is 14.2 Å². The second kappa shape index (κ2) is 8.01. The highest BCUT2D eigenvalue weighted by Crippen LogP contribution is 2.33. The van der Waals surface area contributed by atoms with E-state index in [4.69, 9.17) is 9.47 Å². The lowest BCUT2D eigenvalue weighted by atomic mass is 10.2. The van der Waals surface area contributed by atoms with Gasteiger partial charge in [-0.2, -0.15) is 0 Å². The van der Waals surface area contributed by atoms with Crippen molar-refractivity contribution in [3.05, 3.63) is 22.2 Å². The van der Waals surface area contributed by atoms with Gasteiger partial charge in [0.1, 0.15) is 0 Å².